The van der Waals surface area contributed by atoms with Gasteiger partial charge in [0.1, 0.15) is 10.0 Å². The van der Waals surface area contributed by atoms with Crippen LogP contribution in [0, 0.1) is 19.8 Å². The number of thiophene rings is 1. The molecule has 1 atom stereocenters. The van der Waals surface area contributed by atoms with Gasteiger partial charge in [0.05, 0.1) is 5.92 Å². The van der Waals surface area contributed by atoms with Gasteiger partial charge in [0.15, 0.2) is 5.82 Å². The lowest BCUT2D eigenvalue weighted by molar-refractivity contribution is -0.120. The molecule has 4 rings (SSSR count). The fourth-order valence-electron chi connectivity index (χ4n) is 3.50. The summed E-state index contributed by atoms with van der Waals surface area (Å²) >= 11 is 1.26. The molecule has 3 aromatic rings. The lowest BCUT2D eigenvalue weighted by Crippen LogP contribution is -2.43. The number of hydrogen-bond acceptors (Lipinski definition) is 6. The molecule has 0 radical (unpaired) electrons. The van der Waals surface area contributed by atoms with Crippen LogP contribution in [0.25, 0.3) is 11.4 Å². The zero-order valence-electron chi connectivity index (χ0n) is 16.8. The van der Waals surface area contributed by atoms with Gasteiger partial charge < -0.3 is 5.32 Å². The highest BCUT2D eigenvalue weighted by Gasteiger charge is 2.34. The smallest absolute Gasteiger partial charge is 0.252 e. The molecule has 1 aromatic carbocycles. The second-order valence-electron chi connectivity index (χ2n) is 7.38. The topological polar surface area (TPSA) is 108 Å². The Balaban J connectivity index is 1.46. The molecule has 158 valence electrons. The number of H-pyrrole nitrogens is 1. The third kappa shape index (κ3) is 4.30. The third-order valence-electron chi connectivity index (χ3n) is 5.05. The summed E-state index contributed by atoms with van der Waals surface area (Å²) in [4.78, 5) is 18.1. The van der Waals surface area contributed by atoms with Crippen LogP contribution in [0.4, 0.5) is 5.69 Å². The van der Waals surface area contributed by atoms with Crippen LogP contribution >= 0.6 is 11.3 Å². The molecule has 0 spiro atoms. The van der Waals surface area contributed by atoms with Gasteiger partial charge >= 0.3 is 0 Å². The van der Waals surface area contributed by atoms with Gasteiger partial charge in [0.2, 0.25) is 5.91 Å². The highest BCUT2D eigenvalue weighted by Crippen LogP contribution is 2.29. The Kier molecular flexibility index (Phi) is 5.72. The summed E-state index contributed by atoms with van der Waals surface area (Å²) in [6, 6.07) is 10.7. The van der Waals surface area contributed by atoms with Crippen LogP contribution in [0.1, 0.15) is 23.5 Å². The summed E-state index contributed by atoms with van der Waals surface area (Å²) in [5.41, 5.74) is 1.42. The summed E-state index contributed by atoms with van der Waals surface area (Å²) in [6.07, 6.45) is 1.30. The maximum absolute atomic E-state index is 12.9. The molecule has 1 amide bonds. The molecule has 1 fully saturated rings. The number of anilines is 1. The number of carbonyl (C=O) groups excluding carboxylic acids is 1. The second kappa shape index (κ2) is 8.29. The number of rotatable bonds is 5. The molecule has 1 aliphatic rings. The van der Waals surface area contributed by atoms with E-state index in [4.69, 9.17) is 0 Å². The number of carbonyl (C=O) groups is 1. The van der Waals surface area contributed by atoms with Gasteiger partial charge in [-0.15, -0.1) is 11.3 Å². The first-order valence-electron chi connectivity index (χ1n) is 9.70. The van der Waals surface area contributed by atoms with E-state index in [0.29, 0.717) is 40.9 Å². The van der Waals surface area contributed by atoms with Crippen molar-refractivity contribution in [2.24, 2.45) is 5.92 Å². The highest BCUT2D eigenvalue weighted by molar-refractivity contribution is 7.91. The summed E-state index contributed by atoms with van der Waals surface area (Å²) in [7, 11) is -3.57. The number of aromatic nitrogens is 3. The quantitative estimate of drug-likeness (QED) is 0.627. The van der Waals surface area contributed by atoms with Crippen molar-refractivity contribution in [2.45, 2.75) is 30.9 Å². The predicted octanol–water partition coefficient (Wildman–Crippen LogP) is 3.19. The predicted molar refractivity (Wildman–Crippen MR) is 116 cm³/mol. The minimum atomic E-state index is -3.57. The molecule has 2 aromatic heterocycles. The molecule has 8 nitrogen and oxygen atoms in total. The molecule has 0 saturated carbocycles. The van der Waals surface area contributed by atoms with E-state index in [2.05, 4.69) is 20.5 Å². The fourth-order valence-corrected chi connectivity index (χ4v) is 6.47. The number of piperidine rings is 1. The fraction of sp³-hybridized carbons (Fsp3) is 0.350. The van der Waals surface area contributed by atoms with Gasteiger partial charge in [-0.05, 0) is 51.0 Å². The van der Waals surface area contributed by atoms with Crippen LogP contribution in [0.3, 0.4) is 0 Å². The molecule has 1 unspecified atom stereocenters. The number of nitrogens with zero attached hydrogens (tertiary/aromatic N) is 3. The van der Waals surface area contributed by atoms with Crippen LogP contribution in [-0.4, -0.2) is 46.9 Å². The van der Waals surface area contributed by atoms with Crippen LogP contribution in [0.15, 0.2) is 40.6 Å². The van der Waals surface area contributed by atoms with Crippen molar-refractivity contribution in [3.05, 3.63) is 47.1 Å². The van der Waals surface area contributed by atoms with Crippen molar-refractivity contribution in [3.8, 4) is 11.4 Å². The lowest BCUT2D eigenvalue weighted by Gasteiger charge is -2.30. The molecule has 0 aliphatic carbocycles. The maximum Gasteiger partial charge on any atom is 0.252 e. The standard InChI is InChI=1S/C20H23N5O3S2/c1-13-8-9-18(29-13)30(27,28)25-10-4-6-16(12-25)20(26)22-17-7-3-5-15(11-17)19-21-14(2)23-24-19/h3,5,7-9,11,16H,4,6,10,12H2,1-2H3,(H,22,26)(H,21,23,24). The first-order valence-corrected chi connectivity index (χ1v) is 12.0. The molecule has 0 bridgehead atoms. The summed E-state index contributed by atoms with van der Waals surface area (Å²) in [6.45, 7) is 4.32. The van der Waals surface area contributed by atoms with Gasteiger partial charge in [-0.1, -0.05) is 12.1 Å². The number of amides is 1. The monoisotopic (exact) mass is 445 g/mol. The lowest BCUT2D eigenvalue weighted by atomic mass is 9.98. The number of aromatic amines is 1. The van der Waals surface area contributed by atoms with E-state index in [1.54, 1.807) is 18.2 Å². The van der Waals surface area contributed by atoms with E-state index < -0.39 is 15.9 Å². The minimum absolute atomic E-state index is 0.180. The number of sulfonamides is 1. The SMILES string of the molecule is Cc1nc(-c2cccc(NC(=O)C3CCCN(S(=O)(=O)c4ccc(C)s4)C3)c2)n[nH]1. The van der Waals surface area contributed by atoms with Gasteiger partial charge in [0, 0.05) is 29.2 Å². The minimum Gasteiger partial charge on any atom is -0.326 e. The molecular formula is C20H23N5O3S2. The molecule has 1 aliphatic heterocycles. The average Bonchev–Trinajstić information content (AvgIpc) is 3.37. The Morgan fingerprint density at radius 1 is 1.27 bits per heavy atom. The van der Waals surface area contributed by atoms with E-state index in [1.165, 1.54) is 15.6 Å². The van der Waals surface area contributed by atoms with Crippen molar-refractivity contribution < 1.29 is 13.2 Å². The Hall–Kier alpha value is -2.56. The summed E-state index contributed by atoms with van der Waals surface area (Å²) in [5, 5.41) is 9.87. The van der Waals surface area contributed by atoms with Crippen molar-refractivity contribution >= 4 is 33.0 Å². The Morgan fingerprint density at radius 3 is 2.80 bits per heavy atom. The van der Waals surface area contributed by atoms with Crippen molar-refractivity contribution in [2.75, 3.05) is 18.4 Å². The Labute approximate surface area is 179 Å². The summed E-state index contributed by atoms with van der Waals surface area (Å²) < 4.78 is 27.6. The zero-order chi connectivity index (χ0) is 21.3. The number of benzene rings is 1. The molecule has 30 heavy (non-hydrogen) atoms. The largest absolute Gasteiger partial charge is 0.326 e. The van der Waals surface area contributed by atoms with Crippen molar-refractivity contribution in [1.29, 1.82) is 0 Å². The molecule has 1 saturated heterocycles. The first-order chi connectivity index (χ1) is 14.3. The maximum atomic E-state index is 12.9. The molecule has 2 N–H and O–H groups in total. The first kappa shape index (κ1) is 20.7. The summed E-state index contributed by atoms with van der Waals surface area (Å²) in [5.74, 6) is 0.693. The van der Waals surface area contributed by atoms with E-state index in [0.717, 1.165) is 10.4 Å². The molecule has 3 heterocycles. The molecule has 10 heteroatoms. The van der Waals surface area contributed by atoms with E-state index >= 15 is 0 Å². The Bertz CT molecular complexity index is 1170. The van der Waals surface area contributed by atoms with E-state index in [1.807, 2.05) is 32.0 Å². The van der Waals surface area contributed by atoms with Crippen LogP contribution in [-0.2, 0) is 14.8 Å². The Morgan fingerprint density at radius 2 is 2.10 bits per heavy atom. The average molecular weight is 446 g/mol. The number of nitrogens with one attached hydrogen (secondary N) is 2. The van der Waals surface area contributed by atoms with Crippen LogP contribution in [0.5, 0.6) is 0 Å². The van der Waals surface area contributed by atoms with Crippen LogP contribution in [0.2, 0.25) is 0 Å². The van der Waals surface area contributed by atoms with Crippen molar-refractivity contribution in [3.63, 3.8) is 0 Å². The van der Waals surface area contributed by atoms with Crippen LogP contribution < -0.4 is 5.32 Å². The third-order valence-corrected chi connectivity index (χ3v) is 8.38. The van der Waals surface area contributed by atoms with Gasteiger partial charge in [-0.25, -0.2) is 13.4 Å². The van der Waals surface area contributed by atoms with Gasteiger partial charge in [-0.3, -0.25) is 9.89 Å². The number of hydrogen-bond donors (Lipinski definition) is 2. The second-order valence-corrected chi connectivity index (χ2v) is 10.8. The zero-order valence-corrected chi connectivity index (χ0v) is 18.4. The van der Waals surface area contributed by atoms with Gasteiger partial charge in [-0.2, -0.15) is 9.40 Å². The van der Waals surface area contributed by atoms with E-state index in [-0.39, 0.29) is 12.5 Å². The normalized spacial score (nSPS) is 17.7. The molecular weight excluding hydrogens is 422 g/mol. The number of aryl methyl sites for hydroxylation is 2. The highest BCUT2D eigenvalue weighted by atomic mass is 32.2. The van der Waals surface area contributed by atoms with E-state index in [9.17, 15) is 13.2 Å². The van der Waals surface area contributed by atoms with Gasteiger partial charge in [0.25, 0.3) is 10.0 Å². The van der Waals surface area contributed by atoms with Crippen molar-refractivity contribution in [1.82, 2.24) is 19.5 Å².